The van der Waals surface area contributed by atoms with Gasteiger partial charge in [-0.15, -0.1) is 0 Å². The zero-order valence-electron chi connectivity index (χ0n) is 13.9. The van der Waals surface area contributed by atoms with Crippen molar-refractivity contribution in [2.24, 2.45) is 0 Å². The Labute approximate surface area is 149 Å². The van der Waals surface area contributed by atoms with Crippen LogP contribution in [0, 0.1) is 5.82 Å². The van der Waals surface area contributed by atoms with Gasteiger partial charge < -0.3 is 20.5 Å². The lowest BCUT2D eigenvalue weighted by molar-refractivity contribution is 0.310. The Bertz CT molecular complexity index is 831. The Hall–Kier alpha value is -3.26. The first-order chi connectivity index (χ1) is 12.7. The summed E-state index contributed by atoms with van der Waals surface area (Å²) in [7, 11) is 0. The summed E-state index contributed by atoms with van der Waals surface area (Å²) in [4.78, 5) is 12.6. The Morgan fingerprint density at radius 3 is 2.27 bits per heavy atom. The van der Waals surface area contributed by atoms with Crippen molar-refractivity contribution in [1.29, 1.82) is 0 Å². The molecule has 0 saturated carbocycles. The average molecular weight is 355 g/mol. The number of benzene rings is 2. The number of ether oxygens (including phenoxy) is 1. The number of hydrogen-bond acceptors (Lipinski definition) is 7. The lowest BCUT2D eigenvalue weighted by Crippen LogP contribution is -2.12. The fourth-order valence-corrected chi connectivity index (χ4v) is 2.11. The van der Waals surface area contributed by atoms with Crippen LogP contribution in [-0.4, -0.2) is 33.2 Å². The first kappa shape index (κ1) is 17.6. The standard InChI is InChI=1S/C18H18FN5O2/c19-14-8-6-13(7-9-14)12-21-17-22-16(20-10-11-25)23-18(24-17)26-15-4-2-1-3-5-15/h1-9,25H,10-12H2,(H2,20,21,22,23,24). The Morgan fingerprint density at radius 2 is 1.58 bits per heavy atom. The van der Waals surface area contributed by atoms with Crippen LogP contribution >= 0.6 is 0 Å². The van der Waals surface area contributed by atoms with Crippen LogP contribution in [0.3, 0.4) is 0 Å². The quantitative estimate of drug-likeness (QED) is 0.572. The largest absolute Gasteiger partial charge is 0.424 e. The molecule has 2 aromatic carbocycles. The summed E-state index contributed by atoms with van der Waals surface area (Å²) >= 11 is 0. The lowest BCUT2D eigenvalue weighted by atomic mass is 10.2. The monoisotopic (exact) mass is 355 g/mol. The van der Waals surface area contributed by atoms with E-state index >= 15 is 0 Å². The highest BCUT2D eigenvalue weighted by Gasteiger charge is 2.08. The molecule has 0 radical (unpaired) electrons. The van der Waals surface area contributed by atoms with Crippen molar-refractivity contribution < 1.29 is 14.2 Å². The van der Waals surface area contributed by atoms with Crippen LogP contribution in [-0.2, 0) is 6.54 Å². The van der Waals surface area contributed by atoms with Crippen LogP contribution in [0.15, 0.2) is 54.6 Å². The van der Waals surface area contributed by atoms with Gasteiger partial charge in [0.25, 0.3) is 0 Å². The maximum absolute atomic E-state index is 13.0. The van der Waals surface area contributed by atoms with Crippen LogP contribution in [0.1, 0.15) is 5.56 Å². The van der Waals surface area contributed by atoms with Gasteiger partial charge >= 0.3 is 6.01 Å². The van der Waals surface area contributed by atoms with Crippen LogP contribution in [0.2, 0.25) is 0 Å². The summed E-state index contributed by atoms with van der Waals surface area (Å²) in [5.74, 6) is 0.886. The third-order valence-electron chi connectivity index (χ3n) is 3.33. The third-order valence-corrected chi connectivity index (χ3v) is 3.33. The van der Waals surface area contributed by atoms with E-state index in [1.54, 1.807) is 24.3 Å². The number of aromatic nitrogens is 3. The molecule has 8 heteroatoms. The predicted octanol–water partition coefficient (Wildman–Crippen LogP) is 2.82. The van der Waals surface area contributed by atoms with Crippen molar-refractivity contribution in [1.82, 2.24) is 15.0 Å². The molecule has 0 unspecified atom stereocenters. The molecular weight excluding hydrogens is 337 g/mol. The van der Waals surface area contributed by atoms with Crippen molar-refractivity contribution in [3.8, 4) is 11.8 Å². The first-order valence-electron chi connectivity index (χ1n) is 8.05. The van der Waals surface area contributed by atoms with Gasteiger partial charge in [0.15, 0.2) is 0 Å². The number of anilines is 2. The minimum atomic E-state index is -0.289. The molecule has 0 saturated heterocycles. The van der Waals surface area contributed by atoms with Crippen LogP contribution in [0.4, 0.5) is 16.3 Å². The van der Waals surface area contributed by atoms with E-state index in [-0.39, 0.29) is 24.4 Å². The molecule has 0 aliphatic carbocycles. The van der Waals surface area contributed by atoms with Crippen molar-refractivity contribution in [2.75, 3.05) is 23.8 Å². The highest BCUT2D eigenvalue weighted by atomic mass is 19.1. The molecule has 134 valence electrons. The molecule has 0 bridgehead atoms. The minimum absolute atomic E-state index is 0.0566. The molecule has 3 aromatic rings. The molecule has 0 fully saturated rings. The Kier molecular flexibility index (Phi) is 5.89. The Morgan fingerprint density at radius 1 is 0.885 bits per heavy atom. The summed E-state index contributed by atoms with van der Waals surface area (Å²) in [5, 5.41) is 14.9. The number of para-hydroxylation sites is 1. The van der Waals surface area contributed by atoms with Gasteiger partial charge in [0, 0.05) is 13.1 Å². The van der Waals surface area contributed by atoms with E-state index in [9.17, 15) is 4.39 Å². The van der Waals surface area contributed by atoms with Gasteiger partial charge in [-0.2, -0.15) is 15.0 Å². The molecule has 26 heavy (non-hydrogen) atoms. The SMILES string of the molecule is OCCNc1nc(NCc2ccc(F)cc2)nc(Oc2ccccc2)n1. The number of rotatable bonds is 8. The van der Waals surface area contributed by atoms with Gasteiger partial charge in [-0.3, -0.25) is 0 Å². The second-order valence-corrected chi connectivity index (χ2v) is 5.31. The van der Waals surface area contributed by atoms with Crippen LogP contribution in [0.25, 0.3) is 0 Å². The molecule has 0 amide bonds. The summed E-state index contributed by atoms with van der Waals surface area (Å²) < 4.78 is 18.6. The maximum Gasteiger partial charge on any atom is 0.328 e. The second-order valence-electron chi connectivity index (χ2n) is 5.31. The average Bonchev–Trinajstić information content (AvgIpc) is 2.67. The van der Waals surface area contributed by atoms with Crippen molar-refractivity contribution in [3.05, 3.63) is 66.0 Å². The summed E-state index contributed by atoms with van der Waals surface area (Å²) in [6, 6.07) is 15.4. The molecule has 0 aliphatic rings. The molecule has 3 N–H and O–H groups in total. The van der Waals surface area contributed by atoms with Gasteiger partial charge in [0.05, 0.1) is 6.61 Å². The normalized spacial score (nSPS) is 10.4. The molecule has 0 spiro atoms. The van der Waals surface area contributed by atoms with E-state index in [4.69, 9.17) is 9.84 Å². The highest BCUT2D eigenvalue weighted by Crippen LogP contribution is 2.19. The number of halogens is 1. The van der Waals surface area contributed by atoms with Gasteiger partial charge in [-0.05, 0) is 29.8 Å². The number of nitrogens with one attached hydrogen (secondary N) is 2. The van der Waals surface area contributed by atoms with Crippen LogP contribution in [0.5, 0.6) is 11.8 Å². The van der Waals surface area contributed by atoms with E-state index in [0.29, 0.717) is 24.8 Å². The van der Waals surface area contributed by atoms with E-state index < -0.39 is 0 Å². The van der Waals surface area contributed by atoms with E-state index in [0.717, 1.165) is 5.56 Å². The highest BCUT2D eigenvalue weighted by molar-refractivity contribution is 5.38. The summed E-state index contributed by atoms with van der Waals surface area (Å²) in [6.07, 6.45) is 0. The molecule has 3 rings (SSSR count). The smallest absolute Gasteiger partial charge is 0.328 e. The van der Waals surface area contributed by atoms with E-state index in [2.05, 4.69) is 25.6 Å². The maximum atomic E-state index is 13.0. The van der Waals surface area contributed by atoms with E-state index in [1.807, 2.05) is 18.2 Å². The Balaban J connectivity index is 1.76. The van der Waals surface area contributed by atoms with E-state index in [1.165, 1.54) is 12.1 Å². The summed E-state index contributed by atoms with van der Waals surface area (Å²) in [6.45, 7) is 0.652. The molecule has 7 nitrogen and oxygen atoms in total. The van der Waals surface area contributed by atoms with Crippen molar-refractivity contribution in [2.45, 2.75) is 6.54 Å². The van der Waals surface area contributed by atoms with Crippen molar-refractivity contribution >= 4 is 11.9 Å². The molecular formula is C18H18FN5O2. The number of nitrogens with zero attached hydrogens (tertiary/aromatic N) is 3. The summed E-state index contributed by atoms with van der Waals surface area (Å²) in [5.41, 5.74) is 0.877. The molecule has 0 atom stereocenters. The fourth-order valence-electron chi connectivity index (χ4n) is 2.11. The molecule has 1 heterocycles. The lowest BCUT2D eigenvalue weighted by Gasteiger charge is -2.10. The van der Waals surface area contributed by atoms with Crippen LogP contribution < -0.4 is 15.4 Å². The number of aliphatic hydroxyl groups excluding tert-OH is 1. The number of hydrogen-bond donors (Lipinski definition) is 3. The number of aliphatic hydroxyl groups is 1. The predicted molar refractivity (Wildman–Crippen MR) is 95.6 cm³/mol. The zero-order valence-corrected chi connectivity index (χ0v) is 13.9. The minimum Gasteiger partial charge on any atom is -0.424 e. The first-order valence-corrected chi connectivity index (χ1v) is 8.05. The van der Waals surface area contributed by atoms with Gasteiger partial charge in [-0.25, -0.2) is 4.39 Å². The van der Waals surface area contributed by atoms with Gasteiger partial charge in [-0.1, -0.05) is 30.3 Å². The van der Waals surface area contributed by atoms with Crippen molar-refractivity contribution in [3.63, 3.8) is 0 Å². The molecule has 1 aromatic heterocycles. The fraction of sp³-hybridized carbons (Fsp3) is 0.167. The second kappa shape index (κ2) is 8.72. The molecule has 0 aliphatic heterocycles. The topological polar surface area (TPSA) is 92.2 Å². The van der Waals surface area contributed by atoms with Gasteiger partial charge in [0.1, 0.15) is 11.6 Å². The third kappa shape index (κ3) is 5.12. The van der Waals surface area contributed by atoms with Gasteiger partial charge in [0.2, 0.25) is 11.9 Å². The zero-order chi connectivity index (χ0) is 18.2.